The number of anilines is 1. The molecule has 0 saturated carbocycles. The van der Waals surface area contributed by atoms with Gasteiger partial charge in [0.05, 0.1) is 15.4 Å². The summed E-state index contributed by atoms with van der Waals surface area (Å²) in [5.41, 5.74) is 6.93. The van der Waals surface area contributed by atoms with Crippen LogP contribution >= 0.6 is 11.3 Å². The average Bonchev–Trinajstić information content (AvgIpc) is 2.61. The highest BCUT2D eigenvalue weighted by Crippen LogP contribution is 2.31. The fourth-order valence-corrected chi connectivity index (χ4v) is 2.54. The monoisotopic (exact) mass is 269 g/mol. The minimum absolute atomic E-state index is 0.163. The van der Waals surface area contributed by atoms with Crippen LogP contribution in [-0.4, -0.2) is 37.4 Å². The van der Waals surface area contributed by atoms with E-state index < -0.39 is 0 Å². The van der Waals surface area contributed by atoms with Gasteiger partial charge in [0.2, 0.25) is 0 Å². The number of carbonyl (C=O) groups excluding carboxylic acids is 2. The van der Waals surface area contributed by atoms with Crippen molar-refractivity contribution in [3.05, 3.63) is 16.0 Å². The molecular weight excluding hydrogens is 250 g/mol. The summed E-state index contributed by atoms with van der Waals surface area (Å²) in [4.78, 5) is 25.8. The maximum absolute atomic E-state index is 12.0. The Labute approximate surface area is 111 Å². The highest BCUT2D eigenvalue weighted by Gasteiger charge is 2.23. The Morgan fingerprint density at radius 1 is 1.39 bits per heavy atom. The van der Waals surface area contributed by atoms with Crippen molar-refractivity contribution in [2.24, 2.45) is 0 Å². The molecule has 0 atom stereocenters. The van der Waals surface area contributed by atoms with Gasteiger partial charge in [0, 0.05) is 20.6 Å². The number of amides is 2. The number of hydrogen-bond acceptors (Lipinski definition) is 4. The predicted octanol–water partition coefficient (Wildman–Crippen LogP) is 1.48. The van der Waals surface area contributed by atoms with Crippen molar-refractivity contribution in [2.45, 2.75) is 20.3 Å². The largest absolute Gasteiger partial charge is 0.390 e. The van der Waals surface area contributed by atoms with Crippen LogP contribution in [0.1, 0.15) is 38.9 Å². The van der Waals surface area contributed by atoms with Crippen molar-refractivity contribution < 1.29 is 9.59 Å². The molecule has 2 amide bonds. The second-order valence-electron chi connectivity index (χ2n) is 4.25. The summed E-state index contributed by atoms with van der Waals surface area (Å²) < 4.78 is 0. The molecule has 0 spiro atoms. The van der Waals surface area contributed by atoms with Crippen LogP contribution < -0.4 is 11.1 Å². The van der Waals surface area contributed by atoms with Crippen molar-refractivity contribution >= 4 is 28.2 Å². The molecule has 1 aromatic rings. The summed E-state index contributed by atoms with van der Waals surface area (Å²) >= 11 is 1.16. The average molecular weight is 269 g/mol. The molecular formula is C12H19N3O2S. The standard InChI is InChI=1S/C12H19N3O2S/c1-5-6-14-11(16)9-7(2)8(10(13)18-9)12(17)15(3)4/h5-6,13H2,1-4H3,(H,14,16). The van der Waals surface area contributed by atoms with Gasteiger partial charge in [-0.15, -0.1) is 11.3 Å². The van der Waals surface area contributed by atoms with Gasteiger partial charge in [0.25, 0.3) is 11.8 Å². The molecule has 0 unspecified atom stereocenters. The van der Waals surface area contributed by atoms with Crippen LogP contribution in [0.5, 0.6) is 0 Å². The zero-order valence-corrected chi connectivity index (χ0v) is 12.0. The first-order valence-electron chi connectivity index (χ1n) is 5.78. The van der Waals surface area contributed by atoms with Gasteiger partial charge in [-0.1, -0.05) is 6.92 Å². The normalized spacial score (nSPS) is 10.2. The molecule has 18 heavy (non-hydrogen) atoms. The third-order valence-electron chi connectivity index (χ3n) is 2.54. The predicted molar refractivity (Wildman–Crippen MR) is 74.1 cm³/mol. The van der Waals surface area contributed by atoms with Gasteiger partial charge in [-0.25, -0.2) is 0 Å². The van der Waals surface area contributed by atoms with Crippen LogP contribution in [0.15, 0.2) is 0 Å². The van der Waals surface area contributed by atoms with Crippen molar-refractivity contribution in [1.29, 1.82) is 0 Å². The first-order valence-corrected chi connectivity index (χ1v) is 6.60. The van der Waals surface area contributed by atoms with E-state index >= 15 is 0 Å². The molecule has 1 heterocycles. The number of nitrogens with two attached hydrogens (primary N) is 1. The molecule has 100 valence electrons. The van der Waals surface area contributed by atoms with E-state index in [9.17, 15) is 9.59 Å². The molecule has 0 aliphatic carbocycles. The fraction of sp³-hybridized carbons (Fsp3) is 0.500. The Bertz CT molecular complexity index is 466. The Hall–Kier alpha value is -1.56. The molecule has 1 aromatic heterocycles. The minimum Gasteiger partial charge on any atom is -0.390 e. The number of carbonyl (C=O) groups is 2. The molecule has 0 aliphatic rings. The molecule has 3 N–H and O–H groups in total. The number of hydrogen-bond donors (Lipinski definition) is 2. The van der Waals surface area contributed by atoms with Gasteiger partial charge < -0.3 is 16.0 Å². The second-order valence-corrected chi connectivity index (χ2v) is 5.30. The van der Waals surface area contributed by atoms with Crippen LogP contribution in [-0.2, 0) is 0 Å². The van der Waals surface area contributed by atoms with Gasteiger partial charge in [0.1, 0.15) is 0 Å². The number of nitrogens with zero attached hydrogens (tertiary/aromatic N) is 1. The highest BCUT2D eigenvalue weighted by atomic mass is 32.1. The zero-order valence-electron chi connectivity index (χ0n) is 11.2. The topological polar surface area (TPSA) is 75.4 Å². The van der Waals surface area contributed by atoms with E-state index in [0.29, 0.717) is 27.5 Å². The van der Waals surface area contributed by atoms with E-state index in [4.69, 9.17) is 5.73 Å². The third-order valence-corrected chi connectivity index (χ3v) is 3.66. The molecule has 0 aromatic carbocycles. The lowest BCUT2D eigenvalue weighted by molar-refractivity contribution is 0.0828. The Morgan fingerprint density at radius 2 is 2.00 bits per heavy atom. The summed E-state index contributed by atoms with van der Waals surface area (Å²) in [6.45, 7) is 4.36. The summed E-state index contributed by atoms with van der Waals surface area (Å²) in [5.74, 6) is -0.334. The summed E-state index contributed by atoms with van der Waals surface area (Å²) in [6.07, 6.45) is 0.870. The molecule has 6 heteroatoms. The maximum Gasteiger partial charge on any atom is 0.261 e. The Morgan fingerprint density at radius 3 is 2.50 bits per heavy atom. The van der Waals surface area contributed by atoms with Crippen molar-refractivity contribution in [3.63, 3.8) is 0 Å². The van der Waals surface area contributed by atoms with Crippen molar-refractivity contribution in [1.82, 2.24) is 10.2 Å². The van der Waals surface area contributed by atoms with E-state index in [0.717, 1.165) is 17.8 Å². The SMILES string of the molecule is CCCNC(=O)c1sc(N)c(C(=O)N(C)C)c1C. The van der Waals surface area contributed by atoms with E-state index in [-0.39, 0.29) is 11.8 Å². The van der Waals surface area contributed by atoms with Crippen LogP contribution in [0, 0.1) is 6.92 Å². The lowest BCUT2D eigenvalue weighted by Gasteiger charge is -2.10. The second kappa shape index (κ2) is 5.86. The third kappa shape index (κ3) is 2.81. The van der Waals surface area contributed by atoms with Crippen LogP contribution in [0.4, 0.5) is 5.00 Å². The molecule has 1 rings (SSSR count). The summed E-state index contributed by atoms with van der Waals surface area (Å²) in [5, 5.41) is 3.19. The molecule has 0 saturated heterocycles. The number of rotatable bonds is 4. The fourth-order valence-electron chi connectivity index (χ4n) is 1.56. The van der Waals surface area contributed by atoms with E-state index in [1.165, 1.54) is 4.90 Å². The van der Waals surface area contributed by atoms with Crippen LogP contribution in [0.3, 0.4) is 0 Å². The molecule has 5 nitrogen and oxygen atoms in total. The first kappa shape index (κ1) is 14.5. The zero-order chi connectivity index (χ0) is 13.9. The van der Waals surface area contributed by atoms with E-state index in [1.54, 1.807) is 21.0 Å². The first-order chi connectivity index (χ1) is 8.40. The highest BCUT2D eigenvalue weighted by molar-refractivity contribution is 7.18. The Balaban J connectivity index is 3.08. The van der Waals surface area contributed by atoms with Crippen molar-refractivity contribution in [3.8, 4) is 0 Å². The minimum atomic E-state index is -0.171. The summed E-state index contributed by atoms with van der Waals surface area (Å²) in [7, 11) is 3.32. The van der Waals surface area contributed by atoms with Gasteiger partial charge in [0.15, 0.2) is 0 Å². The van der Waals surface area contributed by atoms with Crippen molar-refractivity contribution in [2.75, 3.05) is 26.4 Å². The number of thiophene rings is 1. The van der Waals surface area contributed by atoms with Crippen LogP contribution in [0.25, 0.3) is 0 Å². The molecule has 0 bridgehead atoms. The lowest BCUT2D eigenvalue weighted by atomic mass is 10.1. The lowest BCUT2D eigenvalue weighted by Crippen LogP contribution is -2.25. The van der Waals surface area contributed by atoms with E-state index in [2.05, 4.69) is 5.32 Å². The quantitative estimate of drug-likeness (QED) is 0.869. The summed E-state index contributed by atoms with van der Waals surface area (Å²) in [6, 6.07) is 0. The maximum atomic E-state index is 12.0. The van der Waals surface area contributed by atoms with Gasteiger partial charge >= 0.3 is 0 Å². The van der Waals surface area contributed by atoms with Crippen LogP contribution in [0.2, 0.25) is 0 Å². The van der Waals surface area contributed by atoms with E-state index in [1.807, 2.05) is 6.92 Å². The van der Waals surface area contributed by atoms with Gasteiger partial charge in [-0.3, -0.25) is 9.59 Å². The molecule has 0 fully saturated rings. The van der Waals surface area contributed by atoms with Gasteiger partial charge in [-0.05, 0) is 18.9 Å². The molecule has 0 aliphatic heterocycles. The number of nitrogens with one attached hydrogen (secondary N) is 1. The smallest absolute Gasteiger partial charge is 0.261 e. The Kier molecular flexibility index (Phi) is 4.72. The molecule has 0 radical (unpaired) electrons. The van der Waals surface area contributed by atoms with Gasteiger partial charge in [-0.2, -0.15) is 0 Å². The number of nitrogen functional groups attached to an aromatic ring is 1.